The minimum atomic E-state index is -0.185. The highest BCUT2D eigenvalue weighted by molar-refractivity contribution is 5.91. The lowest BCUT2D eigenvalue weighted by Gasteiger charge is -2.08. The van der Waals surface area contributed by atoms with Gasteiger partial charge in [0.25, 0.3) is 5.91 Å². The molecule has 0 unspecified atom stereocenters. The van der Waals surface area contributed by atoms with E-state index < -0.39 is 0 Å². The maximum Gasteiger partial charge on any atom is 0.286 e. The van der Waals surface area contributed by atoms with Crippen LogP contribution in [0.25, 0.3) is 0 Å². The number of carbonyl (C=O) groups excluding carboxylic acids is 1. The quantitative estimate of drug-likeness (QED) is 0.883. The zero-order valence-electron chi connectivity index (χ0n) is 12.7. The van der Waals surface area contributed by atoms with Gasteiger partial charge in [0.2, 0.25) is 0 Å². The highest BCUT2D eigenvalue weighted by atomic mass is 16.5. The summed E-state index contributed by atoms with van der Waals surface area (Å²) >= 11 is 0. The van der Waals surface area contributed by atoms with Gasteiger partial charge in [-0.15, -0.1) is 0 Å². The van der Waals surface area contributed by atoms with Gasteiger partial charge in [0.05, 0.1) is 0 Å². The lowest BCUT2D eigenvalue weighted by molar-refractivity contribution is 0.0922. The number of hydrogen-bond acceptors (Lipinski definition) is 3. The van der Waals surface area contributed by atoms with Crippen molar-refractivity contribution in [3.63, 3.8) is 0 Å². The molecule has 0 spiro atoms. The molecule has 4 heteroatoms. The highest BCUT2D eigenvalue weighted by Gasteiger charge is 2.11. The Morgan fingerprint density at radius 2 is 2.05 bits per heavy atom. The summed E-state index contributed by atoms with van der Waals surface area (Å²) in [5.41, 5.74) is 2.22. The van der Waals surface area contributed by atoms with Gasteiger partial charge in [-0.3, -0.25) is 4.79 Å². The fourth-order valence-corrected chi connectivity index (χ4v) is 1.91. The van der Waals surface area contributed by atoms with Crippen molar-refractivity contribution in [2.24, 2.45) is 0 Å². The van der Waals surface area contributed by atoms with Crippen molar-refractivity contribution in [2.75, 3.05) is 6.54 Å². The van der Waals surface area contributed by atoms with E-state index in [1.807, 2.05) is 39.0 Å². The van der Waals surface area contributed by atoms with E-state index >= 15 is 0 Å². The summed E-state index contributed by atoms with van der Waals surface area (Å²) in [6, 6.07) is 9.51. The van der Waals surface area contributed by atoms with Crippen LogP contribution in [0.4, 0.5) is 0 Å². The van der Waals surface area contributed by atoms with Crippen LogP contribution in [-0.2, 0) is 6.61 Å². The minimum absolute atomic E-state index is 0.185. The topological polar surface area (TPSA) is 51.5 Å². The van der Waals surface area contributed by atoms with E-state index in [-0.39, 0.29) is 5.91 Å². The predicted octanol–water partition coefficient (Wildman–Crippen LogP) is 3.62. The second-order valence-corrected chi connectivity index (χ2v) is 5.08. The van der Waals surface area contributed by atoms with Crippen LogP contribution in [0.3, 0.4) is 0 Å². The lowest BCUT2D eigenvalue weighted by atomic mass is 10.1. The molecule has 2 aromatic rings. The van der Waals surface area contributed by atoms with Crippen molar-refractivity contribution in [3.8, 4) is 5.75 Å². The number of nitrogens with one attached hydrogen (secondary N) is 1. The molecule has 0 aliphatic rings. The Labute approximate surface area is 125 Å². The summed E-state index contributed by atoms with van der Waals surface area (Å²) in [5.74, 6) is 1.61. The van der Waals surface area contributed by atoms with E-state index in [1.165, 1.54) is 0 Å². The molecule has 112 valence electrons. The van der Waals surface area contributed by atoms with Gasteiger partial charge in [0.15, 0.2) is 5.76 Å². The first-order chi connectivity index (χ1) is 10.1. The van der Waals surface area contributed by atoms with E-state index in [0.29, 0.717) is 24.7 Å². The van der Waals surface area contributed by atoms with Crippen LogP contribution in [0.15, 0.2) is 34.7 Å². The molecule has 0 bridgehead atoms. The van der Waals surface area contributed by atoms with Crippen LogP contribution in [-0.4, -0.2) is 12.5 Å². The first-order valence-corrected chi connectivity index (χ1v) is 7.17. The molecule has 0 aliphatic heterocycles. The molecule has 1 aromatic carbocycles. The van der Waals surface area contributed by atoms with Gasteiger partial charge in [-0.1, -0.05) is 19.1 Å². The molecule has 0 aliphatic carbocycles. The summed E-state index contributed by atoms with van der Waals surface area (Å²) in [6.07, 6.45) is 0.898. The van der Waals surface area contributed by atoms with Crippen LogP contribution in [0.5, 0.6) is 5.75 Å². The van der Waals surface area contributed by atoms with Gasteiger partial charge in [0, 0.05) is 6.54 Å². The fourth-order valence-electron chi connectivity index (χ4n) is 1.91. The Morgan fingerprint density at radius 1 is 1.24 bits per heavy atom. The monoisotopic (exact) mass is 287 g/mol. The van der Waals surface area contributed by atoms with Crippen LogP contribution in [0.2, 0.25) is 0 Å². The van der Waals surface area contributed by atoms with Crippen molar-refractivity contribution in [1.29, 1.82) is 0 Å². The first kappa shape index (κ1) is 15.2. The van der Waals surface area contributed by atoms with Gasteiger partial charge in [-0.2, -0.15) is 0 Å². The van der Waals surface area contributed by atoms with E-state index in [9.17, 15) is 4.79 Å². The molecule has 21 heavy (non-hydrogen) atoms. The number of rotatable bonds is 6. The van der Waals surface area contributed by atoms with Gasteiger partial charge >= 0.3 is 0 Å². The number of furan rings is 1. The highest BCUT2D eigenvalue weighted by Crippen LogP contribution is 2.21. The third-order valence-electron chi connectivity index (χ3n) is 3.13. The van der Waals surface area contributed by atoms with Crippen molar-refractivity contribution >= 4 is 5.91 Å². The molecular weight excluding hydrogens is 266 g/mol. The Bertz CT molecular complexity index is 616. The number of carbonyl (C=O) groups is 1. The normalized spacial score (nSPS) is 10.4. The predicted molar refractivity (Wildman–Crippen MR) is 81.6 cm³/mol. The molecule has 2 rings (SSSR count). The summed E-state index contributed by atoms with van der Waals surface area (Å²) in [4.78, 5) is 11.7. The Balaban J connectivity index is 1.96. The van der Waals surface area contributed by atoms with E-state index in [1.54, 1.807) is 12.1 Å². The molecule has 1 aromatic heterocycles. The first-order valence-electron chi connectivity index (χ1n) is 7.17. The van der Waals surface area contributed by atoms with Crippen molar-refractivity contribution in [2.45, 2.75) is 33.8 Å². The summed E-state index contributed by atoms with van der Waals surface area (Å²) < 4.78 is 11.2. The lowest BCUT2D eigenvalue weighted by Crippen LogP contribution is -2.23. The van der Waals surface area contributed by atoms with Crippen molar-refractivity contribution < 1.29 is 13.9 Å². The molecule has 0 saturated heterocycles. The van der Waals surface area contributed by atoms with Gasteiger partial charge < -0.3 is 14.5 Å². The Hall–Kier alpha value is -2.23. The molecule has 0 atom stereocenters. The Morgan fingerprint density at radius 3 is 2.81 bits per heavy atom. The average Bonchev–Trinajstić information content (AvgIpc) is 2.94. The molecule has 1 heterocycles. The van der Waals surface area contributed by atoms with E-state index in [0.717, 1.165) is 23.3 Å². The van der Waals surface area contributed by atoms with Gasteiger partial charge in [0.1, 0.15) is 18.1 Å². The van der Waals surface area contributed by atoms with Crippen LogP contribution >= 0.6 is 0 Å². The molecule has 4 nitrogen and oxygen atoms in total. The number of hydrogen-bond donors (Lipinski definition) is 1. The zero-order chi connectivity index (χ0) is 15.2. The van der Waals surface area contributed by atoms with Gasteiger partial charge in [-0.05, 0) is 49.6 Å². The largest absolute Gasteiger partial charge is 0.485 e. The Kier molecular flexibility index (Phi) is 5.04. The van der Waals surface area contributed by atoms with Crippen LogP contribution in [0.1, 0.15) is 40.8 Å². The number of amides is 1. The maximum atomic E-state index is 11.7. The zero-order valence-corrected chi connectivity index (χ0v) is 12.7. The molecule has 0 radical (unpaired) electrons. The second kappa shape index (κ2) is 6.97. The maximum absolute atomic E-state index is 11.7. The summed E-state index contributed by atoms with van der Waals surface area (Å²) in [5, 5.41) is 2.78. The molecule has 0 fully saturated rings. The third-order valence-corrected chi connectivity index (χ3v) is 3.13. The molecule has 1 N–H and O–H groups in total. The summed E-state index contributed by atoms with van der Waals surface area (Å²) in [7, 11) is 0. The van der Waals surface area contributed by atoms with Crippen molar-refractivity contribution in [1.82, 2.24) is 5.32 Å². The number of aryl methyl sites for hydroxylation is 2. The number of benzene rings is 1. The van der Waals surface area contributed by atoms with Crippen LogP contribution < -0.4 is 10.1 Å². The SMILES string of the molecule is CCCNC(=O)c1ccc(COc2cc(C)ccc2C)o1. The molecule has 0 saturated carbocycles. The van der Waals surface area contributed by atoms with E-state index in [4.69, 9.17) is 9.15 Å². The van der Waals surface area contributed by atoms with Crippen LogP contribution in [0, 0.1) is 13.8 Å². The average molecular weight is 287 g/mol. The minimum Gasteiger partial charge on any atom is -0.485 e. The van der Waals surface area contributed by atoms with E-state index in [2.05, 4.69) is 5.32 Å². The molecular formula is C17H21NO3. The van der Waals surface area contributed by atoms with Crippen molar-refractivity contribution in [3.05, 3.63) is 53.0 Å². The molecule has 1 amide bonds. The summed E-state index contributed by atoms with van der Waals surface area (Å²) in [6.45, 7) is 6.99. The smallest absolute Gasteiger partial charge is 0.286 e. The van der Waals surface area contributed by atoms with Gasteiger partial charge in [-0.25, -0.2) is 0 Å². The third kappa shape index (κ3) is 4.12. The standard InChI is InChI=1S/C17H21NO3/c1-4-9-18-17(19)15-8-7-14(21-15)11-20-16-10-12(2)5-6-13(16)3/h5-8,10H,4,9,11H2,1-3H3,(H,18,19). The fraction of sp³-hybridized carbons (Fsp3) is 0.353. The second-order valence-electron chi connectivity index (χ2n) is 5.08. The number of ether oxygens (including phenoxy) is 1.